The number of nitrogens with one attached hydrogen (secondary N) is 1. The number of carbonyl (C=O) groups excluding carboxylic acids is 2. The van der Waals surface area contributed by atoms with Crippen molar-refractivity contribution < 1.29 is 14.3 Å². The first-order valence-electron chi connectivity index (χ1n) is 10.5. The van der Waals surface area contributed by atoms with Crippen LogP contribution < -0.4 is 10.1 Å². The lowest BCUT2D eigenvalue weighted by atomic mass is 9.94. The van der Waals surface area contributed by atoms with Crippen LogP contribution in [0.5, 0.6) is 5.75 Å². The molecule has 1 saturated carbocycles. The Morgan fingerprint density at radius 2 is 1.71 bits per heavy atom. The summed E-state index contributed by atoms with van der Waals surface area (Å²) in [5.41, 5.74) is 0.600. The first-order valence-corrected chi connectivity index (χ1v) is 10.5. The molecule has 6 nitrogen and oxygen atoms in total. The number of piperazine rings is 1. The van der Waals surface area contributed by atoms with Crippen molar-refractivity contribution in [3.63, 3.8) is 0 Å². The summed E-state index contributed by atoms with van der Waals surface area (Å²) in [6.07, 6.45) is 4.66. The molecule has 154 valence electrons. The molecule has 0 aromatic heterocycles. The van der Waals surface area contributed by atoms with Gasteiger partial charge in [-0.2, -0.15) is 0 Å². The van der Waals surface area contributed by atoms with Gasteiger partial charge in [-0.3, -0.25) is 14.5 Å². The molecule has 2 fully saturated rings. The van der Waals surface area contributed by atoms with Gasteiger partial charge >= 0.3 is 0 Å². The molecule has 0 unspecified atom stereocenters. The zero-order valence-electron chi connectivity index (χ0n) is 17.3. The fourth-order valence-electron chi connectivity index (χ4n) is 4.52. The van der Waals surface area contributed by atoms with Gasteiger partial charge in [0.25, 0.3) is 5.91 Å². The predicted molar refractivity (Wildman–Crippen MR) is 109 cm³/mol. The second-order valence-electron chi connectivity index (χ2n) is 8.18. The van der Waals surface area contributed by atoms with Crippen LogP contribution in [0.4, 0.5) is 0 Å². The van der Waals surface area contributed by atoms with Gasteiger partial charge < -0.3 is 15.0 Å². The summed E-state index contributed by atoms with van der Waals surface area (Å²) in [6.45, 7) is 6.74. The lowest BCUT2D eigenvalue weighted by molar-refractivity contribution is -0.129. The molecule has 1 saturated heterocycles. The zero-order valence-corrected chi connectivity index (χ0v) is 17.3. The monoisotopic (exact) mass is 387 g/mol. The van der Waals surface area contributed by atoms with Crippen molar-refractivity contribution in [2.24, 2.45) is 5.92 Å². The van der Waals surface area contributed by atoms with Gasteiger partial charge in [0.1, 0.15) is 5.75 Å². The fourth-order valence-corrected chi connectivity index (χ4v) is 4.52. The van der Waals surface area contributed by atoms with E-state index in [4.69, 9.17) is 4.74 Å². The number of benzene rings is 1. The molecule has 1 N–H and O–H groups in total. The van der Waals surface area contributed by atoms with E-state index in [0.717, 1.165) is 25.9 Å². The Kier molecular flexibility index (Phi) is 6.94. The van der Waals surface area contributed by atoms with Gasteiger partial charge in [-0.15, -0.1) is 0 Å². The molecule has 3 rings (SSSR count). The van der Waals surface area contributed by atoms with Crippen LogP contribution in [-0.2, 0) is 4.79 Å². The van der Waals surface area contributed by atoms with Crippen molar-refractivity contribution in [2.45, 2.75) is 51.6 Å². The van der Waals surface area contributed by atoms with Crippen molar-refractivity contribution in [3.05, 3.63) is 29.8 Å². The Hall–Kier alpha value is -2.08. The van der Waals surface area contributed by atoms with Crippen molar-refractivity contribution in [1.82, 2.24) is 15.1 Å². The van der Waals surface area contributed by atoms with E-state index >= 15 is 0 Å². The highest BCUT2D eigenvalue weighted by molar-refractivity contribution is 5.97. The molecule has 1 aromatic carbocycles. The average molecular weight is 388 g/mol. The number of methoxy groups -OCH3 is 1. The number of amides is 2. The highest BCUT2D eigenvalue weighted by Crippen LogP contribution is 2.31. The SMILES string of the molecule is COc1ccccc1C(=O)N1CCN([C@H](C(=O)NC(C)C)C2CCCC2)CC1. The number of hydrogen-bond donors (Lipinski definition) is 1. The third-order valence-electron chi connectivity index (χ3n) is 5.88. The van der Waals surface area contributed by atoms with E-state index in [1.807, 2.05) is 43.0 Å². The van der Waals surface area contributed by atoms with E-state index in [1.54, 1.807) is 7.11 Å². The molecule has 28 heavy (non-hydrogen) atoms. The first-order chi connectivity index (χ1) is 13.5. The van der Waals surface area contributed by atoms with E-state index in [2.05, 4.69) is 10.2 Å². The van der Waals surface area contributed by atoms with Crippen LogP contribution in [0.1, 0.15) is 49.9 Å². The molecule has 2 aliphatic rings. The minimum atomic E-state index is -0.0755. The second-order valence-corrected chi connectivity index (χ2v) is 8.18. The van der Waals surface area contributed by atoms with E-state index in [-0.39, 0.29) is 23.9 Å². The van der Waals surface area contributed by atoms with Crippen molar-refractivity contribution in [1.29, 1.82) is 0 Å². The maximum atomic E-state index is 12.9. The normalized spacial score (nSPS) is 19.6. The summed E-state index contributed by atoms with van der Waals surface area (Å²) in [4.78, 5) is 30.0. The molecule has 1 atom stereocenters. The van der Waals surface area contributed by atoms with Crippen LogP contribution in [0.2, 0.25) is 0 Å². The molecule has 6 heteroatoms. The lowest BCUT2D eigenvalue weighted by Crippen LogP contribution is -2.58. The minimum absolute atomic E-state index is 0.00106. The van der Waals surface area contributed by atoms with Crippen LogP contribution in [0.3, 0.4) is 0 Å². The van der Waals surface area contributed by atoms with Crippen LogP contribution in [-0.4, -0.2) is 67.0 Å². The van der Waals surface area contributed by atoms with E-state index in [1.165, 1.54) is 12.8 Å². The Morgan fingerprint density at radius 1 is 1.07 bits per heavy atom. The van der Waals surface area contributed by atoms with Gasteiger partial charge in [-0.25, -0.2) is 0 Å². The Labute approximate surface area is 168 Å². The number of carbonyl (C=O) groups is 2. The molecule has 0 radical (unpaired) electrons. The molecule has 1 aromatic rings. The first kappa shape index (κ1) is 20.6. The predicted octanol–water partition coefficient (Wildman–Crippen LogP) is 2.54. The van der Waals surface area contributed by atoms with Crippen LogP contribution in [0.25, 0.3) is 0 Å². The Morgan fingerprint density at radius 3 is 2.32 bits per heavy atom. The lowest BCUT2D eigenvalue weighted by Gasteiger charge is -2.41. The quantitative estimate of drug-likeness (QED) is 0.815. The summed E-state index contributed by atoms with van der Waals surface area (Å²) in [7, 11) is 1.59. The van der Waals surface area contributed by atoms with Gasteiger partial charge in [-0.1, -0.05) is 25.0 Å². The molecular formula is C22H33N3O3. The largest absolute Gasteiger partial charge is 0.496 e. The number of hydrogen-bond acceptors (Lipinski definition) is 4. The third kappa shape index (κ3) is 4.66. The molecular weight excluding hydrogens is 354 g/mol. The molecule has 0 bridgehead atoms. The Balaban J connectivity index is 1.66. The van der Waals surface area contributed by atoms with E-state index in [9.17, 15) is 9.59 Å². The number of nitrogens with zero attached hydrogens (tertiary/aromatic N) is 2. The van der Waals surface area contributed by atoms with Crippen molar-refractivity contribution in [3.8, 4) is 5.75 Å². The van der Waals surface area contributed by atoms with Crippen LogP contribution in [0.15, 0.2) is 24.3 Å². The molecule has 1 aliphatic heterocycles. The molecule has 0 spiro atoms. The summed E-state index contributed by atoms with van der Waals surface area (Å²) in [6, 6.07) is 7.42. The molecule has 1 aliphatic carbocycles. The third-order valence-corrected chi connectivity index (χ3v) is 5.88. The second kappa shape index (κ2) is 9.41. The van der Waals surface area contributed by atoms with Gasteiger partial charge in [0.15, 0.2) is 0 Å². The minimum Gasteiger partial charge on any atom is -0.496 e. The highest BCUT2D eigenvalue weighted by Gasteiger charge is 2.37. The smallest absolute Gasteiger partial charge is 0.257 e. The Bertz CT molecular complexity index is 677. The molecule has 1 heterocycles. The van der Waals surface area contributed by atoms with E-state index < -0.39 is 0 Å². The summed E-state index contributed by atoms with van der Waals surface area (Å²) < 4.78 is 5.34. The summed E-state index contributed by atoms with van der Waals surface area (Å²) >= 11 is 0. The maximum absolute atomic E-state index is 12.9. The number of rotatable bonds is 6. The van der Waals surface area contributed by atoms with Gasteiger partial charge in [0, 0.05) is 32.2 Å². The van der Waals surface area contributed by atoms with E-state index in [0.29, 0.717) is 30.3 Å². The van der Waals surface area contributed by atoms with Crippen molar-refractivity contribution in [2.75, 3.05) is 33.3 Å². The van der Waals surface area contributed by atoms with Crippen LogP contribution >= 0.6 is 0 Å². The standard InChI is InChI=1S/C22H33N3O3/c1-16(2)23-21(26)20(17-8-4-5-9-17)24-12-14-25(15-13-24)22(27)18-10-6-7-11-19(18)28-3/h6-7,10-11,16-17,20H,4-5,8-9,12-15H2,1-3H3,(H,23,26)/t20-/m0/s1. The van der Waals surface area contributed by atoms with Gasteiger partial charge in [0.05, 0.1) is 18.7 Å². The topological polar surface area (TPSA) is 61.9 Å². The summed E-state index contributed by atoms with van der Waals surface area (Å²) in [5, 5.41) is 3.11. The van der Waals surface area contributed by atoms with Crippen molar-refractivity contribution >= 4 is 11.8 Å². The average Bonchev–Trinajstić information content (AvgIpc) is 3.21. The van der Waals surface area contributed by atoms with Crippen LogP contribution in [0, 0.1) is 5.92 Å². The molecule has 2 amide bonds. The number of para-hydroxylation sites is 1. The zero-order chi connectivity index (χ0) is 20.1. The summed E-state index contributed by atoms with van der Waals surface area (Å²) in [5.74, 6) is 1.18. The maximum Gasteiger partial charge on any atom is 0.257 e. The highest BCUT2D eigenvalue weighted by atomic mass is 16.5. The van der Waals surface area contributed by atoms with Gasteiger partial charge in [-0.05, 0) is 44.7 Å². The number of ether oxygens (including phenoxy) is 1. The fraction of sp³-hybridized carbons (Fsp3) is 0.636. The van der Waals surface area contributed by atoms with Gasteiger partial charge in [0.2, 0.25) is 5.91 Å².